The molecule has 4 nitrogen and oxygen atoms in total. The third-order valence-electron chi connectivity index (χ3n) is 2.73. The van der Waals surface area contributed by atoms with E-state index in [1.165, 1.54) is 12.1 Å². The van der Waals surface area contributed by atoms with Crippen LogP contribution in [0.4, 0.5) is 11.4 Å². The molecule has 106 valence electrons. The lowest BCUT2D eigenvalue weighted by Crippen LogP contribution is -2.14. The van der Waals surface area contributed by atoms with Gasteiger partial charge in [-0.25, -0.2) is 8.42 Å². The molecule has 0 heterocycles. The smallest absolute Gasteiger partial charge is 0.261 e. The van der Waals surface area contributed by atoms with Gasteiger partial charge in [-0.15, -0.1) is 0 Å². The number of hydrogen-bond acceptors (Lipinski definition) is 3. The number of nitrogen functional groups attached to an aromatic ring is 1. The van der Waals surface area contributed by atoms with Crippen molar-refractivity contribution >= 4 is 53.3 Å². The molecular weight excluding hydrogens is 408 g/mol. The van der Waals surface area contributed by atoms with E-state index in [0.29, 0.717) is 15.8 Å². The summed E-state index contributed by atoms with van der Waals surface area (Å²) < 4.78 is 28.6. The molecule has 0 spiro atoms. The second-order valence-corrected chi connectivity index (χ2v) is 7.70. The lowest BCUT2D eigenvalue weighted by atomic mass is 10.2. The van der Waals surface area contributed by atoms with Crippen molar-refractivity contribution in [2.24, 2.45) is 0 Å². The maximum absolute atomic E-state index is 12.3. The van der Waals surface area contributed by atoms with Crippen LogP contribution in [0.3, 0.4) is 0 Å². The van der Waals surface area contributed by atoms with Gasteiger partial charge in [0.05, 0.1) is 10.6 Å². The zero-order valence-corrected chi connectivity index (χ0v) is 14.5. The highest BCUT2D eigenvalue weighted by Crippen LogP contribution is 2.26. The predicted octanol–water partition coefficient (Wildman–Crippen LogP) is 3.90. The maximum atomic E-state index is 12.3. The van der Waals surface area contributed by atoms with E-state index in [1.54, 1.807) is 12.1 Å². The van der Waals surface area contributed by atoms with Crippen LogP contribution in [0.5, 0.6) is 0 Å². The Bertz CT molecular complexity index is 761. The van der Waals surface area contributed by atoms with Crippen molar-refractivity contribution in [1.29, 1.82) is 0 Å². The summed E-state index contributed by atoms with van der Waals surface area (Å²) in [5.41, 5.74) is 7.52. The molecule has 0 aliphatic heterocycles. The molecule has 0 aliphatic rings. The van der Waals surface area contributed by atoms with Crippen LogP contribution >= 0.6 is 31.9 Å². The highest BCUT2D eigenvalue weighted by molar-refractivity contribution is 9.10. The summed E-state index contributed by atoms with van der Waals surface area (Å²) in [4.78, 5) is 0.151. The van der Waals surface area contributed by atoms with Crippen molar-refractivity contribution in [3.63, 3.8) is 0 Å². The van der Waals surface area contributed by atoms with Crippen molar-refractivity contribution in [3.8, 4) is 0 Å². The van der Waals surface area contributed by atoms with E-state index in [-0.39, 0.29) is 4.90 Å². The molecule has 20 heavy (non-hydrogen) atoms. The van der Waals surface area contributed by atoms with Crippen molar-refractivity contribution in [1.82, 2.24) is 0 Å². The average molecular weight is 420 g/mol. The fourth-order valence-electron chi connectivity index (χ4n) is 1.58. The van der Waals surface area contributed by atoms with Crippen LogP contribution in [0.2, 0.25) is 0 Å². The number of benzene rings is 2. The molecule has 0 unspecified atom stereocenters. The molecule has 0 saturated heterocycles. The van der Waals surface area contributed by atoms with Gasteiger partial charge in [-0.2, -0.15) is 0 Å². The van der Waals surface area contributed by atoms with Crippen molar-refractivity contribution in [2.75, 3.05) is 10.5 Å². The monoisotopic (exact) mass is 418 g/mol. The fraction of sp³-hybridized carbons (Fsp3) is 0.0769. The van der Waals surface area contributed by atoms with Crippen LogP contribution in [-0.4, -0.2) is 8.42 Å². The Hall–Kier alpha value is -1.05. The van der Waals surface area contributed by atoms with Crippen LogP contribution in [0.1, 0.15) is 5.56 Å². The predicted molar refractivity (Wildman–Crippen MR) is 88.2 cm³/mol. The van der Waals surface area contributed by atoms with Gasteiger partial charge in [0.25, 0.3) is 10.0 Å². The minimum atomic E-state index is -3.65. The summed E-state index contributed by atoms with van der Waals surface area (Å²) >= 11 is 6.55. The topological polar surface area (TPSA) is 72.2 Å². The summed E-state index contributed by atoms with van der Waals surface area (Å²) in [6, 6.07) is 9.90. The second kappa shape index (κ2) is 5.75. The molecular formula is C13H12Br2N2O2S. The molecule has 0 amide bonds. The number of hydrogen-bond donors (Lipinski definition) is 2. The molecule has 0 aliphatic carbocycles. The Morgan fingerprint density at radius 1 is 1.10 bits per heavy atom. The van der Waals surface area contributed by atoms with Gasteiger partial charge >= 0.3 is 0 Å². The molecule has 0 radical (unpaired) electrons. The van der Waals surface area contributed by atoms with E-state index in [0.717, 1.165) is 10.0 Å². The average Bonchev–Trinajstić information content (AvgIpc) is 2.36. The normalized spacial score (nSPS) is 11.3. The van der Waals surface area contributed by atoms with Crippen LogP contribution in [0.25, 0.3) is 0 Å². The van der Waals surface area contributed by atoms with Crippen LogP contribution < -0.4 is 10.5 Å². The van der Waals surface area contributed by atoms with Gasteiger partial charge in [-0.05, 0) is 58.7 Å². The fourth-order valence-corrected chi connectivity index (χ4v) is 3.62. The van der Waals surface area contributed by atoms with Crippen molar-refractivity contribution in [3.05, 3.63) is 50.9 Å². The van der Waals surface area contributed by atoms with Crippen LogP contribution in [-0.2, 0) is 10.0 Å². The number of halogens is 2. The third-order valence-corrected chi connectivity index (χ3v) is 5.27. The molecule has 0 atom stereocenters. The SMILES string of the molecule is Cc1ccc(Br)cc1NS(=O)(=O)c1ccc(N)c(Br)c1. The van der Waals surface area contributed by atoms with Gasteiger partial charge in [0.15, 0.2) is 0 Å². The number of aryl methyl sites for hydroxylation is 1. The van der Waals surface area contributed by atoms with E-state index in [2.05, 4.69) is 36.6 Å². The molecule has 2 aromatic rings. The number of nitrogens with two attached hydrogens (primary N) is 1. The number of sulfonamides is 1. The van der Waals surface area contributed by atoms with Crippen molar-refractivity contribution < 1.29 is 8.42 Å². The molecule has 0 fully saturated rings. The van der Waals surface area contributed by atoms with Crippen LogP contribution in [0, 0.1) is 6.92 Å². The minimum absolute atomic E-state index is 0.151. The second-order valence-electron chi connectivity index (χ2n) is 4.25. The molecule has 7 heteroatoms. The summed E-state index contributed by atoms with van der Waals surface area (Å²) in [6.07, 6.45) is 0. The van der Waals surface area contributed by atoms with E-state index in [9.17, 15) is 8.42 Å². The van der Waals surface area contributed by atoms with Gasteiger partial charge in [-0.1, -0.05) is 22.0 Å². The van der Waals surface area contributed by atoms with Gasteiger partial charge in [0.1, 0.15) is 0 Å². The molecule has 3 N–H and O–H groups in total. The molecule has 0 bridgehead atoms. The third kappa shape index (κ3) is 3.34. The summed E-state index contributed by atoms with van der Waals surface area (Å²) in [7, 11) is -3.65. The largest absolute Gasteiger partial charge is 0.398 e. The van der Waals surface area contributed by atoms with Gasteiger partial charge < -0.3 is 5.73 Å². The van der Waals surface area contributed by atoms with E-state index in [1.807, 2.05) is 19.1 Å². The first kappa shape index (κ1) is 15.3. The quantitative estimate of drug-likeness (QED) is 0.741. The van der Waals surface area contributed by atoms with E-state index < -0.39 is 10.0 Å². The molecule has 0 aromatic heterocycles. The number of anilines is 2. The van der Waals surface area contributed by atoms with E-state index in [4.69, 9.17) is 5.73 Å². The first-order valence-electron chi connectivity index (χ1n) is 5.63. The van der Waals surface area contributed by atoms with Crippen LogP contribution in [0.15, 0.2) is 50.2 Å². The number of nitrogens with one attached hydrogen (secondary N) is 1. The zero-order chi connectivity index (χ0) is 14.9. The number of rotatable bonds is 3. The first-order valence-corrected chi connectivity index (χ1v) is 8.70. The van der Waals surface area contributed by atoms with Crippen molar-refractivity contribution in [2.45, 2.75) is 11.8 Å². The molecule has 2 aromatic carbocycles. The summed E-state index contributed by atoms with van der Waals surface area (Å²) in [5, 5.41) is 0. The van der Waals surface area contributed by atoms with Gasteiger partial charge in [-0.3, -0.25) is 4.72 Å². The highest BCUT2D eigenvalue weighted by Gasteiger charge is 2.16. The van der Waals surface area contributed by atoms with E-state index >= 15 is 0 Å². The highest BCUT2D eigenvalue weighted by atomic mass is 79.9. The first-order chi connectivity index (χ1) is 9.29. The zero-order valence-electron chi connectivity index (χ0n) is 10.5. The lowest BCUT2D eigenvalue weighted by molar-refractivity contribution is 0.601. The Labute approximate surface area is 134 Å². The van der Waals surface area contributed by atoms with Gasteiger partial charge in [0, 0.05) is 14.6 Å². The standard InChI is InChI=1S/C13H12Br2N2O2S/c1-8-2-3-9(14)6-13(8)17-20(18,19)10-4-5-12(16)11(15)7-10/h2-7,17H,16H2,1H3. The Morgan fingerprint density at radius 3 is 2.45 bits per heavy atom. The summed E-state index contributed by atoms with van der Waals surface area (Å²) in [6.45, 7) is 1.84. The maximum Gasteiger partial charge on any atom is 0.261 e. The summed E-state index contributed by atoms with van der Waals surface area (Å²) in [5.74, 6) is 0. The molecule has 0 saturated carbocycles. The Morgan fingerprint density at radius 2 is 1.80 bits per heavy atom. The van der Waals surface area contributed by atoms with Gasteiger partial charge in [0.2, 0.25) is 0 Å². The Kier molecular flexibility index (Phi) is 4.41. The minimum Gasteiger partial charge on any atom is -0.398 e. The lowest BCUT2D eigenvalue weighted by Gasteiger charge is -2.11. The Balaban J connectivity index is 2.40. The molecule has 2 rings (SSSR count).